The van der Waals surface area contributed by atoms with Gasteiger partial charge in [-0.05, 0) is 0 Å². The van der Waals surface area contributed by atoms with Crippen LogP contribution in [0.1, 0.15) is 21.5 Å². The molecule has 0 fully saturated rings. The minimum atomic E-state index is -0.353. The molecule has 0 N–H and O–H groups in total. The average Bonchev–Trinajstić information content (AvgIpc) is 2.68. The minimum absolute atomic E-state index is 0.142. The molecule has 4 heteroatoms. The van der Waals surface area contributed by atoms with Crippen molar-refractivity contribution in [2.24, 2.45) is 0 Å². The summed E-state index contributed by atoms with van der Waals surface area (Å²) >= 11 is 2.93. The first-order chi connectivity index (χ1) is 12.6. The maximum absolute atomic E-state index is 13.1. The zero-order valence-electron chi connectivity index (χ0n) is 14.1. The van der Waals surface area contributed by atoms with Crippen molar-refractivity contribution in [3.05, 3.63) is 107 Å². The zero-order chi connectivity index (χ0) is 18.4. The fourth-order valence-electron chi connectivity index (χ4n) is 2.68. The van der Waals surface area contributed by atoms with Gasteiger partial charge in [-0.3, -0.25) is 0 Å². The number of halogens is 1. The predicted molar refractivity (Wildman–Crippen MR) is 104 cm³/mol. The number of benzene rings is 3. The van der Waals surface area contributed by atoms with Crippen LogP contribution in [0.3, 0.4) is 0 Å². The predicted octanol–water partition coefficient (Wildman–Crippen LogP) is 4.01. The van der Waals surface area contributed by atoms with Gasteiger partial charge in [-0.1, -0.05) is 0 Å². The van der Waals surface area contributed by atoms with Crippen molar-refractivity contribution in [1.29, 1.82) is 0 Å². The molecule has 0 spiro atoms. The Bertz CT molecular complexity index is 838. The second kappa shape index (κ2) is 8.70. The van der Waals surface area contributed by atoms with Gasteiger partial charge >= 0.3 is 161 Å². The van der Waals surface area contributed by atoms with Crippen molar-refractivity contribution in [3.63, 3.8) is 0 Å². The Labute approximate surface area is 160 Å². The van der Waals surface area contributed by atoms with E-state index >= 15 is 0 Å². The van der Waals surface area contributed by atoms with Crippen molar-refractivity contribution < 1.29 is 9.18 Å². The molecular weight excluding hydrogens is 392 g/mol. The number of carbonyl (C=O) groups excluding carboxylic acids is 1. The molecule has 3 rings (SSSR count). The Kier molecular flexibility index (Phi) is 6.11. The third-order valence-electron chi connectivity index (χ3n) is 4.02. The molecule has 0 unspecified atom stereocenters. The molecule has 0 saturated heterocycles. The molecule has 3 aromatic rings. The normalized spacial score (nSPS) is 10.3. The SMILES string of the molecule is O=C(C(=[Se])N(Cc1ccccc1)Cc1ccccc1)c1ccc(F)cc1. The number of carbonyl (C=O) groups is 1. The molecule has 0 aromatic heterocycles. The van der Waals surface area contributed by atoms with Crippen molar-refractivity contribution in [2.45, 2.75) is 13.1 Å². The molecule has 0 aliphatic heterocycles. The number of ketones is 1. The molecule has 2 nitrogen and oxygen atoms in total. The summed E-state index contributed by atoms with van der Waals surface area (Å²) in [5.74, 6) is -0.495. The van der Waals surface area contributed by atoms with E-state index in [4.69, 9.17) is 0 Å². The van der Waals surface area contributed by atoms with Crippen LogP contribution in [0.4, 0.5) is 4.39 Å². The number of Topliss-reactive ketones (excluding diaryl/α,β-unsaturated/α-hetero) is 1. The molecule has 0 aliphatic carbocycles. The Morgan fingerprint density at radius 1 is 0.769 bits per heavy atom. The van der Waals surface area contributed by atoms with E-state index in [1.165, 1.54) is 24.3 Å². The summed E-state index contributed by atoms with van der Waals surface area (Å²) in [7, 11) is 0. The maximum atomic E-state index is 13.1. The van der Waals surface area contributed by atoms with Crippen LogP contribution in [0, 0.1) is 5.82 Å². The number of nitrogens with zero attached hydrogens (tertiary/aromatic N) is 1. The third-order valence-corrected chi connectivity index (χ3v) is 4.95. The standard InChI is InChI=1S/C22H18FNOSe/c23-20-13-11-19(12-14-20)21(25)22(26)24(15-17-7-3-1-4-8-17)16-18-9-5-2-6-10-18/h1-14H,15-16H2. The van der Waals surface area contributed by atoms with Crippen LogP contribution in [-0.2, 0) is 13.1 Å². The van der Waals surface area contributed by atoms with E-state index in [9.17, 15) is 9.18 Å². The summed E-state index contributed by atoms with van der Waals surface area (Å²) in [5, 5.41) is 0. The molecule has 26 heavy (non-hydrogen) atoms. The van der Waals surface area contributed by atoms with Gasteiger partial charge in [0, 0.05) is 0 Å². The van der Waals surface area contributed by atoms with Crippen LogP contribution < -0.4 is 0 Å². The summed E-state index contributed by atoms with van der Waals surface area (Å²) in [6, 6.07) is 25.6. The van der Waals surface area contributed by atoms with Crippen molar-refractivity contribution >= 4 is 25.9 Å². The van der Waals surface area contributed by atoms with Gasteiger partial charge in [-0.2, -0.15) is 0 Å². The molecule has 0 amide bonds. The van der Waals surface area contributed by atoms with Gasteiger partial charge in [-0.25, -0.2) is 0 Å². The van der Waals surface area contributed by atoms with Gasteiger partial charge in [0.2, 0.25) is 0 Å². The first-order valence-corrected chi connectivity index (χ1v) is 9.16. The molecule has 0 radical (unpaired) electrons. The van der Waals surface area contributed by atoms with Crippen LogP contribution in [0.15, 0.2) is 84.9 Å². The van der Waals surface area contributed by atoms with Gasteiger partial charge in [0.05, 0.1) is 0 Å². The van der Waals surface area contributed by atoms with Crippen molar-refractivity contribution in [3.8, 4) is 0 Å². The summed E-state index contributed by atoms with van der Waals surface area (Å²) in [6.45, 7) is 1.20. The van der Waals surface area contributed by atoms with Crippen molar-refractivity contribution in [2.75, 3.05) is 0 Å². The van der Waals surface area contributed by atoms with E-state index in [-0.39, 0.29) is 11.6 Å². The van der Waals surface area contributed by atoms with E-state index in [1.54, 1.807) is 0 Å². The zero-order valence-corrected chi connectivity index (χ0v) is 15.9. The Morgan fingerprint density at radius 3 is 1.69 bits per heavy atom. The molecular formula is C22H18FNOSe. The van der Waals surface area contributed by atoms with Gasteiger partial charge in [-0.15, -0.1) is 0 Å². The number of rotatable bonds is 7. The van der Waals surface area contributed by atoms with E-state index in [1.807, 2.05) is 65.6 Å². The molecule has 0 bridgehead atoms. The van der Waals surface area contributed by atoms with E-state index in [0.29, 0.717) is 23.2 Å². The Balaban J connectivity index is 1.84. The second-order valence-electron chi connectivity index (χ2n) is 5.97. The number of hydrogen-bond acceptors (Lipinski definition) is 2. The van der Waals surface area contributed by atoms with Crippen LogP contribution in [0.25, 0.3) is 0 Å². The molecule has 130 valence electrons. The molecule has 0 aliphatic rings. The van der Waals surface area contributed by atoms with Gasteiger partial charge in [0.1, 0.15) is 0 Å². The van der Waals surface area contributed by atoms with Gasteiger partial charge in [0.25, 0.3) is 0 Å². The average molecular weight is 410 g/mol. The van der Waals surface area contributed by atoms with Gasteiger partial charge in [0.15, 0.2) is 0 Å². The van der Waals surface area contributed by atoms with Crippen molar-refractivity contribution in [1.82, 2.24) is 4.90 Å². The number of hydrogen-bond donors (Lipinski definition) is 0. The molecule has 0 saturated carbocycles. The van der Waals surface area contributed by atoms with Gasteiger partial charge < -0.3 is 0 Å². The fraction of sp³-hybridized carbons (Fsp3) is 0.0909. The Morgan fingerprint density at radius 2 is 1.23 bits per heavy atom. The first-order valence-electron chi connectivity index (χ1n) is 8.30. The van der Waals surface area contributed by atoms with Crippen LogP contribution in [0.2, 0.25) is 0 Å². The summed E-state index contributed by atoms with van der Waals surface area (Å²) < 4.78 is 13.7. The quantitative estimate of drug-likeness (QED) is 0.433. The van der Waals surface area contributed by atoms with Crippen LogP contribution in [0.5, 0.6) is 0 Å². The van der Waals surface area contributed by atoms with E-state index < -0.39 is 0 Å². The Hall–Kier alpha value is -2.55. The topological polar surface area (TPSA) is 20.3 Å². The van der Waals surface area contributed by atoms with E-state index in [2.05, 4.69) is 15.6 Å². The third kappa shape index (κ3) is 4.75. The first kappa shape index (κ1) is 18.2. The van der Waals surface area contributed by atoms with E-state index in [0.717, 1.165) is 11.1 Å². The molecule has 0 atom stereocenters. The van der Waals surface area contributed by atoms with Crippen LogP contribution >= 0.6 is 0 Å². The summed E-state index contributed by atoms with van der Waals surface area (Å²) in [6.07, 6.45) is 0. The summed E-state index contributed by atoms with van der Waals surface area (Å²) in [5.41, 5.74) is 2.69. The van der Waals surface area contributed by atoms with Crippen LogP contribution in [-0.4, -0.2) is 30.8 Å². The summed E-state index contributed by atoms with van der Waals surface area (Å²) in [4.78, 5) is 14.9. The molecule has 3 aromatic carbocycles. The fourth-order valence-corrected chi connectivity index (χ4v) is 3.19. The molecule has 0 heterocycles. The monoisotopic (exact) mass is 411 g/mol. The second-order valence-corrected chi connectivity index (χ2v) is 6.78.